The molecule has 0 spiro atoms. The molecule has 0 saturated carbocycles. The van der Waals surface area contributed by atoms with Gasteiger partial charge in [-0.05, 0) is 86.9 Å². The van der Waals surface area contributed by atoms with Crippen LogP contribution in [0.3, 0.4) is 0 Å². The highest BCUT2D eigenvalue weighted by molar-refractivity contribution is 7.90. The number of aromatic hydroxyl groups is 2. The zero-order valence-electron chi connectivity index (χ0n) is 20.7. The highest BCUT2D eigenvalue weighted by atomic mass is 32.2. The van der Waals surface area contributed by atoms with Crippen molar-refractivity contribution in [2.24, 2.45) is 0 Å². The van der Waals surface area contributed by atoms with E-state index in [-0.39, 0.29) is 24.1 Å². The number of rotatable bonds is 8. The number of allylic oxidation sites excluding steroid dienone is 1. The van der Waals surface area contributed by atoms with Crippen molar-refractivity contribution in [1.82, 2.24) is 4.72 Å². The van der Waals surface area contributed by atoms with E-state index in [9.17, 15) is 18.6 Å². The fourth-order valence-corrected chi connectivity index (χ4v) is 5.03. The minimum absolute atomic E-state index is 0.150. The molecule has 1 heterocycles. The zero-order valence-corrected chi connectivity index (χ0v) is 21.5. The Bertz CT molecular complexity index is 1380. The number of sulfonamides is 1. The Morgan fingerprint density at radius 2 is 1.67 bits per heavy atom. The van der Waals surface area contributed by atoms with Crippen LogP contribution in [-0.2, 0) is 10.0 Å². The van der Waals surface area contributed by atoms with Crippen LogP contribution in [0.1, 0.15) is 50.5 Å². The average Bonchev–Trinajstić information content (AvgIpc) is 2.83. The van der Waals surface area contributed by atoms with Crippen LogP contribution in [0, 0.1) is 0 Å². The molecule has 36 heavy (non-hydrogen) atoms. The summed E-state index contributed by atoms with van der Waals surface area (Å²) in [4.78, 5) is 0. The molecule has 1 aliphatic heterocycles. The molecule has 0 saturated heterocycles. The molecule has 2 atom stereocenters. The third-order valence-electron chi connectivity index (χ3n) is 6.10. The quantitative estimate of drug-likeness (QED) is 0.383. The largest absolute Gasteiger partial charge is 0.508 e. The number of hydrogen-bond donors (Lipinski definition) is 3. The van der Waals surface area contributed by atoms with E-state index in [1.165, 1.54) is 0 Å². The highest BCUT2D eigenvalue weighted by Gasteiger charge is 2.29. The normalized spacial score (nSPS) is 16.4. The van der Waals surface area contributed by atoms with Crippen LogP contribution in [0.5, 0.6) is 23.0 Å². The van der Waals surface area contributed by atoms with E-state index in [4.69, 9.17) is 9.47 Å². The lowest BCUT2D eigenvalue weighted by Crippen LogP contribution is -2.40. The molecule has 7 nitrogen and oxygen atoms in total. The summed E-state index contributed by atoms with van der Waals surface area (Å²) in [5, 5.41) is 19.6. The number of fused-ring (bicyclic) bond motifs is 1. The molecule has 3 aromatic carbocycles. The molecule has 0 aromatic heterocycles. The van der Waals surface area contributed by atoms with Crippen molar-refractivity contribution in [1.29, 1.82) is 0 Å². The number of nitrogens with one attached hydrogen (secondary N) is 1. The number of phenolic OH excluding ortho intramolecular Hbond substituents is 2. The first kappa shape index (κ1) is 25.6. The molecule has 0 bridgehead atoms. The molecule has 0 aliphatic carbocycles. The summed E-state index contributed by atoms with van der Waals surface area (Å²) in [5.74, 6) is 1.57. The first-order valence-corrected chi connectivity index (χ1v) is 13.3. The summed E-state index contributed by atoms with van der Waals surface area (Å²) >= 11 is 0. The average molecular weight is 510 g/mol. The number of benzene rings is 3. The van der Waals surface area contributed by atoms with Crippen molar-refractivity contribution < 1.29 is 28.1 Å². The fourth-order valence-electron chi connectivity index (χ4n) is 4.13. The van der Waals surface area contributed by atoms with Gasteiger partial charge in [0.05, 0.1) is 11.3 Å². The van der Waals surface area contributed by atoms with Crippen molar-refractivity contribution in [3.8, 4) is 23.0 Å². The topological polar surface area (TPSA) is 105 Å². The van der Waals surface area contributed by atoms with Gasteiger partial charge in [0, 0.05) is 11.1 Å². The molecule has 1 aliphatic rings. The van der Waals surface area contributed by atoms with Gasteiger partial charge in [-0.3, -0.25) is 0 Å². The van der Waals surface area contributed by atoms with Gasteiger partial charge < -0.3 is 19.7 Å². The number of ether oxygens (including phenoxy) is 2. The van der Waals surface area contributed by atoms with Crippen molar-refractivity contribution in [2.45, 2.75) is 45.1 Å². The van der Waals surface area contributed by atoms with Crippen LogP contribution in [-0.4, -0.2) is 36.5 Å². The zero-order chi connectivity index (χ0) is 26.0. The maximum atomic E-state index is 12.1. The van der Waals surface area contributed by atoms with Crippen molar-refractivity contribution in [2.75, 3.05) is 6.61 Å². The van der Waals surface area contributed by atoms with Gasteiger partial charge in [0.1, 0.15) is 35.7 Å². The molecule has 3 aromatic rings. The third kappa shape index (κ3) is 5.50. The van der Waals surface area contributed by atoms with E-state index < -0.39 is 21.4 Å². The van der Waals surface area contributed by atoms with Gasteiger partial charge in [0.25, 0.3) is 0 Å². The Kier molecular flexibility index (Phi) is 7.28. The van der Waals surface area contributed by atoms with Crippen LogP contribution in [0.4, 0.5) is 0 Å². The molecule has 190 valence electrons. The monoisotopic (exact) mass is 509 g/mol. The summed E-state index contributed by atoms with van der Waals surface area (Å²) in [6, 6.07) is 19.1. The number of hydrogen-bond acceptors (Lipinski definition) is 6. The third-order valence-corrected chi connectivity index (χ3v) is 8.08. The van der Waals surface area contributed by atoms with Crippen LogP contribution >= 0.6 is 0 Å². The van der Waals surface area contributed by atoms with Crippen molar-refractivity contribution in [3.63, 3.8) is 0 Å². The van der Waals surface area contributed by atoms with Gasteiger partial charge in [0.2, 0.25) is 10.0 Å². The summed E-state index contributed by atoms with van der Waals surface area (Å²) in [6.45, 7) is 7.18. The van der Waals surface area contributed by atoms with Crippen LogP contribution in [0.15, 0.2) is 66.7 Å². The minimum Gasteiger partial charge on any atom is -0.508 e. The van der Waals surface area contributed by atoms with Gasteiger partial charge >= 0.3 is 0 Å². The smallest absolute Gasteiger partial charge is 0.214 e. The summed E-state index contributed by atoms with van der Waals surface area (Å²) < 4.78 is 38.9. The van der Waals surface area contributed by atoms with E-state index in [0.717, 1.165) is 27.8 Å². The van der Waals surface area contributed by atoms with Gasteiger partial charge in [-0.25, -0.2) is 13.1 Å². The van der Waals surface area contributed by atoms with Gasteiger partial charge in [-0.2, -0.15) is 0 Å². The lowest BCUT2D eigenvalue weighted by atomic mass is 9.86. The summed E-state index contributed by atoms with van der Waals surface area (Å²) in [6.07, 6.45) is -0.449. The van der Waals surface area contributed by atoms with E-state index in [1.807, 2.05) is 37.3 Å². The second-order valence-corrected chi connectivity index (χ2v) is 11.5. The minimum atomic E-state index is -3.38. The standard InChI is InChI=1S/C28H31NO6S/c1-17(2)36(32,33)29-18(3)16-34-24-11-8-20(9-12-24)28-27(21-6-5-7-22(30)14-21)19(4)25-15-23(31)10-13-26(25)35-28/h5-15,17-18,28-31H,16H2,1-4H3/t18-,28?/m0/s1. The molecular weight excluding hydrogens is 478 g/mol. The fraction of sp³-hybridized carbons (Fsp3) is 0.286. The van der Waals surface area contributed by atoms with Gasteiger partial charge in [0.15, 0.2) is 0 Å². The lowest BCUT2D eigenvalue weighted by molar-refractivity contribution is 0.259. The molecular formula is C28H31NO6S. The second-order valence-electron chi connectivity index (χ2n) is 9.26. The Labute approximate surface area is 212 Å². The molecule has 3 N–H and O–H groups in total. The first-order valence-electron chi connectivity index (χ1n) is 11.8. The van der Waals surface area contributed by atoms with Crippen LogP contribution in [0.25, 0.3) is 11.1 Å². The highest BCUT2D eigenvalue weighted by Crippen LogP contribution is 2.47. The predicted molar refractivity (Wildman–Crippen MR) is 141 cm³/mol. The Hall–Kier alpha value is -3.49. The SMILES string of the molecule is CC1=C(c2cccc(O)c2)C(c2ccc(OC[C@H](C)NS(=O)(=O)C(C)C)cc2)Oc2ccc(O)cc21. The summed E-state index contributed by atoms with van der Waals surface area (Å²) in [5.41, 5.74) is 4.32. The molecule has 0 radical (unpaired) electrons. The van der Waals surface area contributed by atoms with Gasteiger partial charge in [-0.1, -0.05) is 24.3 Å². The number of phenols is 2. The van der Waals surface area contributed by atoms with E-state index in [2.05, 4.69) is 4.72 Å². The molecule has 8 heteroatoms. The van der Waals surface area contributed by atoms with E-state index in [1.54, 1.807) is 57.2 Å². The van der Waals surface area contributed by atoms with E-state index >= 15 is 0 Å². The Morgan fingerprint density at radius 3 is 2.33 bits per heavy atom. The van der Waals surface area contributed by atoms with Crippen LogP contribution in [0.2, 0.25) is 0 Å². The Morgan fingerprint density at radius 1 is 0.972 bits per heavy atom. The first-order chi connectivity index (χ1) is 17.0. The van der Waals surface area contributed by atoms with Gasteiger partial charge in [-0.15, -0.1) is 0 Å². The molecule has 0 fully saturated rings. The predicted octanol–water partition coefficient (Wildman–Crippen LogP) is 5.26. The maximum absolute atomic E-state index is 12.1. The molecule has 4 rings (SSSR count). The second kappa shape index (κ2) is 10.2. The van der Waals surface area contributed by atoms with E-state index in [0.29, 0.717) is 11.5 Å². The Balaban J connectivity index is 1.60. The van der Waals surface area contributed by atoms with Crippen LogP contribution < -0.4 is 14.2 Å². The lowest BCUT2D eigenvalue weighted by Gasteiger charge is -2.31. The van der Waals surface area contributed by atoms with Crippen molar-refractivity contribution >= 4 is 21.2 Å². The molecule has 1 unspecified atom stereocenters. The maximum Gasteiger partial charge on any atom is 0.214 e. The van der Waals surface area contributed by atoms with Crippen molar-refractivity contribution in [3.05, 3.63) is 83.4 Å². The summed E-state index contributed by atoms with van der Waals surface area (Å²) in [7, 11) is -3.38. The molecule has 0 amide bonds.